The predicted octanol–water partition coefficient (Wildman–Crippen LogP) is 2.98. The smallest absolute Gasteiger partial charge is 0.227 e. The summed E-state index contributed by atoms with van der Waals surface area (Å²) in [5, 5.41) is 0. The van der Waals surface area contributed by atoms with E-state index in [0.717, 1.165) is 54.8 Å². The number of H-pyrrole nitrogens is 1. The lowest BCUT2D eigenvalue weighted by atomic mass is 9.94. The molecule has 1 aliphatic rings. The third-order valence-electron chi connectivity index (χ3n) is 4.87. The van der Waals surface area contributed by atoms with Gasteiger partial charge in [0.15, 0.2) is 0 Å². The lowest BCUT2D eigenvalue weighted by Gasteiger charge is -2.32. The Morgan fingerprint density at radius 1 is 1.24 bits per heavy atom. The van der Waals surface area contributed by atoms with Crippen molar-refractivity contribution < 1.29 is 4.79 Å². The second-order valence-electron chi connectivity index (χ2n) is 6.79. The van der Waals surface area contributed by atoms with Crippen LogP contribution < -0.4 is 0 Å². The number of hydrogen-bond donors (Lipinski definition) is 1. The van der Waals surface area contributed by atoms with E-state index in [1.807, 2.05) is 35.2 Å². The molecule has 0 radical (unpaired) electrons. The van der Waals surface area contributed by atoms with Gasteiger partial charge in [0.2, 0.25) is 5.91 Å². The monoisotopic (exact) mass is 334 g/mol. The molecular formula is C20H22N4O. The number of pyridine rings is 1. The van der Waals surface area contributed by atoms with Crippen LogP contribution in [-0.2, 0) is 17.6 Å². The highest BCUT2D eigenvalue weighted by molar-refractivity contribution is 5.78. The molecule has 1 aromatic carbocycles. The fraction of sp³-hybridized carbons (Fsp3) is 0.350. The number of nitrogens with one attached hydrogen (secondary N) is 1. The minimum atomic E-state index is 0.197. The van der Waals surface area contributed by atoms with E-state index in [9.17, 15) is 4.79 Å². The predicted molar refractivity (Wildman–Crippen MR) is 97.0 cm³/mol. The molecule has 0 aliphatic carbocycles. The highest BCUT2D eigenvalue weighted by Crippen LogP contribution is 2.22. The van der Waals surface area contributed by atoms with Gasteiger partial charge in [-0.25, -0.2) is 4.98 Å². The lowest BCUT2D eigenvalue weighted by Crippen LogP contribution is -2.41. The fourth-order valence-corrected chi connectivity index (χ4v) is 3.62. The van der Waals surface area contributed by atoms with Gasteiger partial charge in [-0.3, -0.25) is 9.78 Å². The average molecular weight is 334 g/mol. The maximum Gasteiger partial charge on any atom is 0.227 e. The molecule has 0 spiro atoms. The van der Waals surface area contributed by atoms with E-state index >= 15 is 0 Å². The summed E-state index contributed by atoms with van der Waals surface area (Å²) in [6.07, 6.45) is 7.04. The Balaban J connectivity index is 1.39. The lowest BCUT2D eigenvalue weighted by molar-refractivity contribution is -0.132. The maximum absolute atomic E-state index is 12.6. The Labute approximate surface area is 147 Å². The van der Waals surface area contributed by atoms with Gasteiger partial charge < -0.3 is 9.88 Å². The summed E-state index contributed by atoms with van der Waals surface area (Å²) in [5.41, 5.74) is 3.07. The molecule has 1 fully saturated rings. The van der Waals surface area contributed by atoms with Gasteiger partial charge in [0.25, 0.3) is 0 Å². The van der Waals surface area contributed by atoms with E-state index in [2.05, 4.69) is 21.0 Å². The first-order valence-corrected chi connectivity index (χ1v) is 8.88. The number of amides is 1. The molecule has 1 N–H and O–H groups in total. The molecule has 3 heterocycles. The van der Waals surface area contributed by atoms with E-state index in [0.29, 0.717) is 12.3 Å². The molecule has 1 saturated heterocycles. The van der Waals surface area contributed by atoms with Crippen LogP contribution in [0.2, 0.25) is 0 Å². The van der Waals surface area contributed by atoms with Crippen LogP contribution in [0.3, 0.4) is 0 Å². The first-order chi connectivity index (χ1) is 12.3. The van der Waals surface area contributed by atoms with Gasteiger partial charge in [-0.1, -0.05) is 18.2 Å². The highest BCUT2D eigenvalue weighted by atomic mass is 16.2. The van der Waals surface area contributed by atoms with Gasteiger partial charge in [-0.05, 0) is 42.5 Å². The summed E-state index contributed by atoms with van der Waals surface area (Å²) in [6.45, 7) is 1.67. The summed E-state index contributed by atoms with van der Waals surface area (Å²) in [4.78, 5) is 26.8. The zero-order valence-corrected chi connectivity index (χ0v) is 14.2. The maximum atomic E-state index is 12.6. The number of nitrogens with zero attached hydrogens (tertiary/aromatic N) is 3. The van der Waals surface area contributed by atoms with E-state index in [-0.39, 0.29) is 5.91 Å². The summed E-state index contributed by atoms with van der Waals surface area (Å²) < 4.78 is 0. The molecule has 1 amide bonds. The van der Waals surface area contributed by atoms with Crippen LogP contribution in [0, 0.1) is 5.92 Å². The van der Waals surface area contributed by atoms with Crippen molar-refractivity contribution in [3.63, 3.8) is 0 Å². The van der Waals surface area contributed by atoms with Crippen molar-refractivity contribution in [2.75, 3.05) is 13.1 Å². The Kier molecular flexibility index (Phi) is 4.46. The van der Waals surface area contributed by atoms with Crippen molar-refractivity contribution in [1.29, 1.82) is 0 Å². The van der Waals surface area contributed by atoms with Crippen LogP contribution in [0.5, 0.6) is 0 Å². The minimum Gasteiger partial charge on any atom is -0.342 e. The normalized spacial score (nSPS) is 17.8. The molecule has 1 aliphatic heterocycles. The summed E-state index contributed by atoms with van der Waals surface area (Å²) in [5.74, 6) is 1.68. The van der Waals surface area contributed by atoms with Crippen LogP contribution in [0.1, 0.15) is 24.2 Å². The highest BCUT2D eigenvalue weighted by Gasteiger charge is 2.24. The molecule has 0 bridgehead atoms. The second kappa shape index (κ2) is 7.05. The van der Waals surface area contributed by atoms with Crippen molar-refractivity contribution >= 4 is 16.9 Å². The van der Waals surface area contributed by atoms with Crippen LogP contribution in [0.25, 0.3) is 11.0 Å². The molecule has 0 unspecified atom stereocenters. The summed E-state index contributed by atoms with van der Waals surface area (Å²) >= 11 is 0. The zero-order valence-electron chi connectivity index (χ0n) is 14.2. The van der Waals surface area contributed by atoms with E-state index in [4.69, 9.17) is 0 Å². The van der Waals surface area contributed by atoms with E-state index < -0.39 is 0 Å². The standard InChI is InChI=1S/C20H22N4O/c25-20(12-15-5-3-9-21-13-15)24-10-4-6-16(14-24)11-19-22-17-7-1-2-8-18(17)23-19/h1-3,5,7-9,13,16H,4,6,10-12,14H2,(H,22,23)/t16-/m1/s1. The molecule has 0 saturated carbocycles. The molecule has 3 aromatic rings. The van der Waals surface area contributed by atoms with Crippen molar-refractivity contribution in [2.24, 2.45) is 5.92 Å². The number of carbonyl (C=O) groups is 1. The minimum absolute atomic E-state index is 0.197. The third kappa shape index (κ3) is 3.71. The van der Waals surface area contributed by atoms with Gasteiger partial charge in [0, 0.05) is 31.9 Å². The van der Waals surface area contributed by atoms with Crippen LogP contribution in [-0.4, -0.2) is 38.8 Å². The van der Waals surface area contributed by atoms with Crippen molar-refractivity contribution in [3.05, 3.63) is 60.2 Å². The number of aromatic amines is 1. The zero-order chi connectivity index (χ0) is 17.1. The molecule has 5 heteroatoms. The largest absolute Gasteiger partial charge is 0.342 e. The molecule has 25 heavy (non-hydrogen) atoms. The molecule has 1 atom stereocenters. The Morgan fingerprint density at radius 2 is 2.16 bits per heavy atom. The topological polar surface area (TPSA) is 61.9 Å². The van der Waals surface area contributed by atoms with Gasteiger partial charge in [0.1, 0.15) is 5.82 Å². The number of fused-ring (bicyclic) bond motifs is 1. The number of para-hydroxylation sites is 2. The fourth-order valence-electron chi connectivity index (χ4n) is 3.62. The van der Waals surface area contributed by atoms with Crippen LogP contribution in [0.4, 0.5) is 0 Å². The number of hydrogen-bond acceptors (Lipinski definition) is 3. The Hall–Kier alpha value is -2.69. The Morgan fingerprint density at radius 3 is 3.00 bits per heavy atom. The first-order valence-electron chi connectivity index (χ1n) is 8.88. The number of aromatic nitrogens is 3. The molecular weight excluding hydrogens is 312 g/mol. The number of carbonyl (C=O) groups excluding carboxylic acids is 1. The Bertz CT molecular complexity index is 825. The average Bonchev–Trinajstić information content (AvgIpc) is 3.05. The van der Waals surface area contributed by atoms with Crippen LogP contribution >= 0.6 is 0 Å². The van der Waals surface area contributed by atoms with E-state index in [1.54, 1.807) is 12.4 Å². The summed E-state index contributed by atoms with van der Waals surface area (Å²) in [6, 6.07) is 11.9. The molecule has 5 nitrogen and oxygen atoms in total. The molecule has 4 rings (SSSR count). The van der Waals surface area contributed by atoms with Gasteiger partial charge >= 0.3 is 0 Å². The van der Waals surface area contributed by atoms with Gasteiger partial charge in [0.05, 0.1) is 17.5 Å². The van der Waals surface area contributed by atoms with Crippen molar-refractivity contribution in [2.45, 2.75) is 25.7 Å². The number of imidazole rings is 1. The third-order valence-corrected chi connectivity index (χ3v) is 4.87. The van der Waals surface area contributed by atoms with Gasteiger partial charge in [-0.15, -0.1) is 0 Å². The van der Waals surface area contributed by atoms with Crippen molar-refractivity contribution in [1.82, 2.24) is 19.9 Å². The first kappa shape index (κ1) is 15.8. The van der Waals surface area contributed by atoms with Crippen molar-refractivity contribution in [3.8, 4) is 0 Å². The number of piperidine rings is 1. The second-order valence-corrected chi connectivity index (χ2v) is 6.79. The molecule has 128 valence electrons. The number of benzene rings is 1. The van der Waals surface area contributed by atoms with Crippen LogP contribution in [0.15, 0.2) is 48.8 Å². The van der Waals surface area contributed by atoms with Gasteiger partial charge in [-0.2, -0.15) is 0 Å². The summed E-state index contributed by atoms with van der Waals surface area (Å²) in [7, 11) is 0. The number of rotatable bonds is 4. The van der Waals surface area contributed by atoms with E-state index in [1.165, 1.54) is 0 Å². The molecule has 2 aromatic heterocycles. The quantitative estimate of drug-likeness (QED) is 0.798. The SMILES string of the molecule is O=C(Cc1cccnc1)N1CCC[C@H](Cc2nc3ccccc3[nH]2)C1. The number of likely N-dealkylation sites (tertiary alicyclic amines) is 1.